The lowest BCUT2D eigenvalue weighted by atomic mass is 9.85. The van der Waals surface area contributed by atoms with Crippen molar-refractivity contribution in [2.75, 3.05) is 15.5 Å². The number of rotatable bonds is 8. The van der Waals surface area contributed by atoms with Crippen LogP contribution in [0.15, 0.2) is 110 Å². The molecular formula is C38H32N10O2. The number of hydrogen-bond acceptors (Lipinski definition) is 8. The second-order valence-corrected chi connectivity index (χ2v) is 12.4. The van der Waals surface area contributed by atoms with Crippen molar-refractivity contribution >= 4 is 40.8 Å². The second-order valence-electron chi connectivity index (χ2n) is 12.4. The summed E-state index contributed by atoms with van der Waals surface area (Å²) in [7, 11) is 1.85. The summed E-state index contributed by atoms with van der Waals surface area (Å²) in [5.74, 6) is 0.642. The molecule has 12 nitrogen and oxygen atoms in total. The van der Waals surface area contributed by atoms with Gasteiger partial charge in [0.2, 0.25) is 11.9 Å². The van der Waals surface area contributed by atoms with E-state index in [-0.39, 0.29) is 17.9 Å². The number of nitriles is 1. The number of benzene rings is 3. The lowest BCUT2D eigenvalue weighted by molar-refractivity contribution is -0.119. The van der Waals surface area contributed by atoms with Crippen LogP contribution >= 0.6 is 0 Å². The molecule has 0 unspecified atom stereocenters. The number of aryl methyl sites for hydroxylation is 1. The lowest BCUT2D eigenvalue weighted by Crippen LogP contribution is -2.37. The van der Waals surface area contributed by atoms with Gasteiger partial charge in [0.25, 0.3) is 0 Å². The quantitative estimate of drug-likeness (QED) is 0.161. The first-order valence-electron chi connectivity index (χ1n) is 15.9. The first-order chi connectivity index (χ1) is 24.2. The maximum Gasteiger partial charge on any atom is 0.327 e. The number of aromatic nitrogens is 5. The van der Waals surface area contributed by atoms with Gasteiger partial charge in [0, 0.05) is 54.1 Å². The van der Waals surface area contributed by atoms with Crippen molar-refractivity contribution in [3.63, 3.8) is 0 Å². The molecule has 0 spiro atoms. The summed E-state index contributed by atoms with van der Waals surface area (Å²) in [5.41, 5.74) is 6.37. The average Bonchev–Trinajstić information content (AvgIpc) is 3.67. The molecule has 0 fully saturated rings. The van der Waals surface area contributed by atoms with E-state index in [4.69, 9.17) is 0 Å². The zero-order valence-corrected chi connectivity index (χ0v) is 27.5. The SMILES string of the molecule is Cn1cc(-c2ccc(N(C(=O)NCc3ccccc3)c3ccc(Nc4ncc(C#N)c(-c5ccc6c(c5)NC(=O)C6(C)C)n4)cc3)nc2)cn1. The molecule has 6 aromatic rings. The highest BCUT2D eigenvalue weighted by Gasteiger charge is 2.38. The molecule has 7 rings (SSSR count). The summed E-state index contributed by atoms with van der Waals surface area (Å²) < 4.78 is 1.72. The maximum absolute atomic E-state index is 13.7. The van der Waals surface area contributed by atoms with Crippen LogP contribution in [-0.2, 0) is 23.8 Å². The summed E-state index contributed by atoms with van der Waals surface area (Å²) in [5, 5.41) is 23.2. The van der Waals surface area contributed by atoms with Crippen LogP contribution in [0.2, 0.25) is 0 Å². The molecule has 4 heterocycles. The molecule has 0 bridgehead atoms. The van der Waals surface area contributed by atoms with Gasteiger partial charge < -0.3 is 16.0 Å². The third kappa shape index (κ3) is 6.23. The Morgan fingerprint density at radius 3 is 2.42 bits per heavy atom. The van der Waals surface area contributed by atoms with Gasteiger partial charge in [-0.15, -0.1) is 0 Å². The number of nitrogens with one attached hydrogen (secondary N) is 3. The van der Waals surface area contributed by atoms with Gasteiger partial charge in [0.05, 0.1) is 34.8 Å². The molecule has 0 saturated carbocycles. The summed E-state index contributed by atoms with van der Waals surface area (Å²) in [6.45, 7) is 4.09. The molecule has 1 aliphatic rings. The summed E-state index contributed by atoms with van der Waals surface area (Å²) >= 11 is 0. The Bertz CT molecular complexity index is 2260. The number of amides is 3. The van der Waals surface area contributed by atoms with Crippen molar-refractivity contribution < 1.29 is 9.59 Å². The Kier molecular flexibility index (Phi) is 8.23. The van der Waals surface area contributed by atoms with Gasteiger partial charge in [-0.3, -0.25) is 9.48 Å². The molecule has 1 aliphatic heterocycles. The summed E-state index contributed by atoms with van der Waals surface area (Å²) in [6.07, 6.45) is 6.85. The van der Waals surface area contributed by atoms with E-state index in [2.05, 4.69) is 42.1 Å². The zero-order valence-electron chi connectivity index (χ0n) is 27.5. The van der Waals surface area contributed by atoms with Gasteiger partial charge in [-0.1, -0.05) is 42.5 Å². The van der Waals surface area contributed by atoms with E-state index in [1.807, 2.05) is 93.8 Å². The van der Waals surface area contributed by atoms with Crippen LogP contribution in [0.4, 0.5) is 33.6 Å². The normalized spacial score (nSPS) is 12.8. The Morgan fingerprint density at radius 1 is 0.940 bits per heavy atom. The van der Waals surface area contributed by atoms with Crippen molar-refractivity contribution in [2.45, 2.75) is 25.8 Å². The Hall–Kier alpha value is -6.87. The number of fused-ring (bicyclic) bond motifs is 1. The van der Waals surface area contributed by atoms with E-state index in [1.165, 1.54) is 11.1 Å². The van der Waals surface area contributed by atoms with Gasteiger partial charge >= 0.3 is 6.03 Å². The van der Waals surface area contributed by atoms with E-state index in [1.54, 1.807) is 35.3 Å². The lowest BCUT2D eigenvalue weighted by Gasteiger charge is -2.23. The number of carbonyl (C=O) groups excluding carboxylic acids is 2. The number of urea groups is 1. The fraction of sp³-hybridized carbons (Fsp3) is 0.132. The highest BCUT2D eigenvalue weighted by Crippen LogP contribution is 2.40. The Labute approximate surface area is 288 Å². The van der Waals surface area contributed by atoms with Crippen LogP contribution in [0.25, 0.3) is 22.4 Å². The zero-order chi connectivity index (χ0) is 34.8. The minimum Gasteiger partial charge on any atom is -0.333 e. The molecule has 3 aromatic heterocycles. The Balaban J connectivity index is 1.14. The predicted octanol–water partition coefficient (Wildman–Crippen LogP) is 6.83. The van der Waals surface area contributed by atoms with Gasteiger partial charge in [-0.05, 0) is 67.4 Å². The largest absolute Gasteiger partial charge is 0.333 e. The highest BCUT2D eigenvalue weighted by molar-refractivity contribution is 6.06. The summed E-state index contributed by atoms with van der Waals surface area (Å²) in [6, 6.07) is 28.0. The number of pyridine rings is 1. The molecule has 0 radical (unpaired) electrons. The van der Waals surface area contributed by atoms with Gasteiger partial charge in [0.1, 0.15) is 11.9 Å². The third-order valence-electron chi connectivity index (χ3n) is 8.58. The third-order valence-corrected chi connectivity index (χ3v) is 8.58. The monoisotopic (exact) mass is 660 g/mol. The van der Waals surface area contributed by atoms with E-state index in [0.29, 0.717) is 46.2 Å². The number of anilines is 5. The first-order valence-corrected chi connectivity index (χ1v) is 15.9. The van der Waals surface area contributed by atoms with Crippen LogP contribution in [0.1, 0.15) is 30.5 Å². The molecule has 3 aromatic carbocycles. The van der Waals surface area contributed by atoms with Crippen LogP contribution in [0, 0.1) is 11.3 Å². The first kappa shape index (κ1) is 31.7. The van der Waals surface area contributed by atoms with Crippen molar-refractivity contribution in [3.8, 4) is 28.5 Å². The average molecular weight is 661 g/mol. The Morgan fingerprint density at radius 2 is 1.72 bits per heavy atom. The fourth-order valence-corrected chi connectivity index (χ4v) is 5.77. The molecule has 0 saturated heterocycles. The van der Waals surface area contributed by atoms with Gasteiger partial charge in [-0.2, -0.15) is 10.4 Å². The molecule has 50 heavy (non-hydrogen) atoms. The molecule has 0 atom stereocenters. The molecule has 3 N–H and O–H groups in total. The maximum atomic E-state index is 13.7. The molecule has 3 amide bonds. The number of carbonyl (C=O) groups is 2. The van der Waals surface area contributed by atoms with Crippen LogP contribution in [-0.4, -0.2) is 36.7 Å². The predicted molar refractivity (Wildman–Crippen MR) is 191 cm³/mol. The fourth-order valence-electron chi connectivity index (χ4n) is 5.77. The van der Waals surface area contributed by atoms with E-state index < -0.39 is 5.41 Å². The smallest absolute Gasteiger partial charge is 0.327 e. The molecule has 12 heteroatoms. The molecular weight excluding hydrogens is 628 g/mol. The van der Waals surface area contributed by atoms with Gasteiger partial charge in [-0.25, -0.2) is 24.6 Å². The number of hydrogen-bond donors (Lipinski definition) is 3. The summed E-state index contributed by atoms with van der Waals surface area (Å²) in [4.78, 5) is 41.4. The molecule has 0 aliphatic carbocycles. The van der Waals surface area contributed by atoms with Crippen LogP contribution in [0.3, 0.4) is 0 Å². The second kappa shape index (κ2) is 13.0. The van der Waals surface area contributed by atoms with Crippen LogP contribution < -0.4 is 20.9 Å². The van der Waals surface area contributed by atoms with E-state index in [9.17, 15) is 14.9 Å². The van der Waals surface area contributed by atoms with E-state index in [0.717, 1.165) is 22.3 Å². The standard InChI is InChI=1S/C38H32N10O2/c1-38(2)31-15-9-25(17-32(31)45-35(38)49)34-27(18-39)21-41-36(46-34)44-29-11-13-30(14-12-29)48(37(50)42-19-24-7-5-4-6-8-24)33-16-10-26(20-40-33)28-22-43-47(3)23-28/h4-17,20-23H,19H2,1-3H3,(H,42,50)(H,45,49)(H,41,44,46). The van der Waals surface area contributed by atoms with Crippen molar-refractivity contribution in [2.24, 2.45) is 7.05 Å². The minimum atomic E-state index is -0.645. The minimum absolute atomic E-state index is 0.0802. The van der Waals surface area contributed by atoms with E-state index >= 15 is 0 Å². The van der Waals surface area contributed by atoms with Crippen molar-refractivity contribution in [1.29, 1.82) is 5.26 Å². The topological polar surface area (TPSA) is 154 Å². The highest BCUT2D eigenvalue weighted by atomic mass is 16.2. The molecule has 246 valence electrons. The van der Waals surface area contributed by atoms with Gasteiger partial charge in [0.15, 0.2) is 0 Å². The van der Waals surface area contributed by atoms with Crippen molar-refractivity contribution in [1.82, 2.24) is 30.0 Å². The van der Waals surface area contributed by atoms with Crippen LogP contribution in [0.5, 0.6) is 0 Å². The van der Waals surface area contributed by atoms with Crippen molar-refractivity contribution in [3.05, 3.63) is 126 Å². The number of nitrogens with zero attached hydrogens (tertiary/aromatic N) is 7.